The molecule has 2 aromatic rings. The molecule has 0 fully saturated rings. The van der Waals surface area contributed by atoms with Gasteiger partial charge in [0.15, 0.2) is 11.5 Å². The summed E-state index contributed by atoms with van der Waals surface area (Å²) >= 11 is 5.87. The molecular formula is C17H20Cl2NO2-. The first-order valence-corrected chi connectivity index (χ1v) is 7.27. The van der Waals surface area contributed by atoms with Gasteiger partial charge in [0.1, 0.15) is 0 Å². The zero-order valence-corrected chi connectivity index (χ0v) is 14.2. The molecule has 0 saturated heterocycles. The van der Waals surface area contributed by atoms with Gasteiger partial charge in [0.2, 0.25) is 0 Å². The zero-order chi connectivity index (χ0) is 15.1. The van der Waals surface area contributed by atoms with Crippen LogP contribution in [0.1, 0.15) is 11.1 Å². The molecule has 1 N–H and O–H groups in total. The Morgan fingerprint density at radius 1 is 1.00 bits per heavy atom. The summed E-state index contributed by atoms with van der Waals surface area (Å²) in [4.78, 5) is 0. The topological polar surface area (TPSA) is 30.5 Å². The Bertz CT molecular complexity index is 573. The van der Waals surface area contributed by atoms with Gasteiger partial charge in [-0.3, -0.25) is 0 Å². The van der Waals surface area contributed by atoms with Gasteiger partial charge in [0, 0.05) is 17.1 Å². The van der Waals surface area contributed by atoms with Crippen LogP contribution < -0.4 is 27.2 Å². The summed E-state index contributed by atoms with van der Waals surface area (Å²) < 4.78 is 10.7. The average Bonchev–Trinajstić information content (AvgIpc) is 2.52. The van der Waals surface area contributed by atoms with Gasteiger partial charge in [-0.2, -0.15) is 0 Å². The predicted octanol–water partition coefficient (Wildman–Crippen LogP) is 0.693. The second-order valence-corrected chi connectivity index (χ2v) is 5.14. The van der Waals surface area contributed by atoms with Crippen molar-refractivity contribution in [2.75, 3.05) is 20.8 Å². The predicted molar refractivity (Wildman–Crippen MR) is 86.4 cm³/mol. The number of rotatable bonds is 7. The van der Waals surface area contributed by atoms with Crippen LogP contribution >= 0.6 is 11.6 Å². The van der Waals surface area contributed by atoms with Gasteiger partial charge in [-0.05, 0) is 36.7 Å². The van der Waals surface area contributed by atoms with E-state index in [0.29, 0.717) is 0 Å². The Hall–Kier alpha value is -1.42. The minimum absolute atomic E-state index is 0. The summed E-state index contributed by atoms with van der Waals surface area (Å²) in [6.45, 7) is 1.63. The van der Waals surface area contributed by atoms with Crippen LogP contribution in [0, 0.1) is 0 Å². The summed E-state index contributed by atoms with van der Waals surface area (Å²) in [5, 5.41) is 4.19. The van der Waals surface area contributed by atoms with E-state index in [-0.39, 0.29) is 12.4 Å². The van der Waals surface area contributed by atoms with E-state index in [9.17, 15) is 0 Å². The van der Waals surface area contributed by atoms with E-state index in [1.54, 1.807) is 14.2 Å². The van der Waals surface area contributed by atoms with Crippen molar-refractivity contribution in [3.05, 3.63) is 58.6 Å². The van der Waals surface area contributed by atoms with Crippen LogP contribution in [0.15, 0.2) is 42.5 Å². The molecule has 0 aliphatic heterocycles. The maximum Gasteiger partial charge on any atom is 0.165 e. The van der Waals surface area contributed by atoms with Crippen LogP contribution in [0.5, 0.6) is 11.5 Å². The summed E-state index contributed by atoms with van der Waals surface area (Å²) in [5.74, 6) is 1.55. The molecule has 0 amide bonds. The first-order chi connectivity index (χ1) is 10.2. The number of ether oxygens (including phenoxy) is 2. The highest BCUT2D eigenvalue weighted by molar-refractivity contribution is 6.30. The lowest BCUT2D eigenvalue weighted by molar-refractivity contribution is -0.00000473. The second-order valence-electron chi connectivity index (χ2n) is 4.71. The van der Waals surface area contributed by atoms with Crippen molar-refractivity contribution in [2.45, 2.75) is 13.0 Å². The Kier molecular flexibility index (Phi) is 8.10. The lowest BCUT2D eigenvalue weighted by atomic mass is 10.1. The van der Waals surface area contributed by atoms with Crippen molar-refractivity contribution in [2.24, 2.45) is 0 Å². The van der Waals surface area contributed by atoms with E-state index >= 15 is 0 Å². The molecule has 0 atom stereocenters. The Labute approximate surface area is 143 Å². The summed E-state index contributed by atoms with van der Waals surface area (Å²) in [6.07, 6.45) is 0.962. The van der Waals surface area contributed by atoms with E-state index in [2.05, 4.69) is 17.4 Å². The number of para-hydroxylation sites is 1. The maximum atomic E-state index is 5.87. The van der Waals surface area contributed by atoms with Crippen molar-refractivity contribution in [3.63, 3.8) is 0 Å². The van der Waals surface area contributed by atoms with Crippen LogP contribution in [0.3, 0.4) is 0 Å². The fourth-order valence-electron chi connectivity index (χ4n) is 2.20. The number of nitrogens with one attached hydrogen (secondary N) is 1. The number of halogens is 2. The van der Waals surface area contributed by atoms with Crippen LogP contribution in [0.4, 0.5) is 0 Å². The van der Waals surface area contributed by atoms with Crippen molar-refractivity contribution < 1.29 is 21.9 Å². The van der Waals surface area contributed by atoms with E-state index in [1.165, 1.54) is 5.56 Å². The fraction of sp³-hybridized carbons (Fsp3) is 0.294. The van der Waals surface area contributed by atoms with Crippen molar-refractivity contribution >= 4 is 11.6 Å². The molecule has 2 rings (SSSR count). The van der Waals surface area contributed by atoms with Crippen LogP contribution in [-0.4, -0.2) is 20.8 Å². The molecule has 0 bridgehead atoms. The highest BCUT2D eigenvalue weighted by Gasteiger charge is 2.08. The maximum absolute atomic E-state index is 5.87. The molecule has 3 nitrogen and oxygen atoms in total. The molecule has 2 aromatic carbocycles. The van der Waals surface area contributed by atoms with Crippen molar-refractivity contribution in [1.82, 2.24) is 5.32 Å². The first kappa shape index (κ1) is 18.6. The molecule has 0 aromatic heterocycles. The van der Waals surface area contributed by atoms with Gasteiger partial charge in [0.05, 0.1) is 14.2 Å². The Balaban J connectivity index is 0.00000242. The summed E-state index contributed by atoms with van der Waals surface area (Å²) in [6, 6.07) is 13.8. The molecule has 5 heteroatoms. The minimum Gasteiger partial charge on any atom is -1.00 e. The lowest BCUT2D eigenvalue weighted by Crippen LogP contribution is -3.00. The van der Waals surface area contributed by atoms with Gasteiger partial charge < -0.3 is 27.2 Å². The molecule has 120 valence electrons. The van der Waals surface area contributed by atoms with Crippen molar-refractivity contribution in [1.29, 1.82) is 0 Å². The standard InChI is InChI=1S/C17H20ClNO2.ClH/c1-20-16-5-3-4-14(17(16)21-2)12-19-11-10-13-6-8-15(18)9-7-13;/h3-9,19H,10-12H2,1-2H3;1H/p-1. The number of hydrogen-bond donors (Lipinski definition) is 1. The molecule has 0 aliphatic rings. The lowest BCUT2D eigenvalue weighted by Gasteiger charge is -2.13. The van der Waals surface area contributed by atoms with Crippen LogP contribution in [0.25, 0.3) is 0 Å². The monoisotopic (exact) mass is 340 g/mol. The van der Waals surface area contributed by atoms with E-state index in [1.807, 2.05) is 30.3 Å². The minimum atomic E-state index is 0. The summed E-state index contributed by atoms with van der Waals surface area (Å²) in [7, 11) is 3.31. The Morgan fingerprint density at radius 2 is 1.73 bits per heavy atom. The number of hydrogen-bond acceptors (Lipinski definition) is 3. The van der Waals surface area contributed by atoms with Gasteiger partial charge >= 0.3 is 0 Å². The average molecular weight is 341 g/mol. The third-order valence-corrected chi connectivity index (χ3v) is 3.56. The molecule has 0 radical (unpaired) electrons. The molecule has 0 aliphatic carbocycles. The van der Waals surface area contributed by atoms with Crippen LogP contribution in [-0.2, 0) is 13.0 Å². The largest absolute Gasteiger partial charge is 1.00 e. The van der Waals surface area contributed by atoms with Crippen LogP contribution in [0.2, 0.25) is 5.02 Å². The molecule has 0 spiro atoms. The highest BCUT2D eigenvalue weighted by Crippen LogP contribution is 2.30. The Morgan fingerprint density at radius 3 is 2.36 bits per heavy atom. The molecule has 0 heterocycles. The van der Waals surface area contributed by atoms with Crippen molar-refractivity contribution in [3.8, 4) is 11.5 Å². The highest BCUT2D eigenvalue weighted by atomic mass is 35.5. The van der Waals surface area contributed by atoms with E-state index in [0.717, 1.165) is 41.6 Å². The SMILES string of the molecule is COc1cccc(CNCCc2ccc(Cl)cc2)c1OC.[Cl-]. The molecule has 22 heavy (non-hydrogen) atoms. The fourth-order valence-corrected chi connectivity index (χ4v) is 2.33. The van der Waals surface area contributed by atoms with Gasteiger partial charge in [-0.25, -0.2) is 0 Å². The van der Waals surface area contributed by atoms with Gasteiger partial charge in [-0.15, -0.1) is 0 Å². The first-order valence-electron chi connectivity index (χ1n) is 6.89. The molecule has 0 unspecified atom stereocenters. The summed E-state index contributed by atoms with van der Waals surface area (Å²) in [5.41, 5.74) is 2.36. The number of benzene rings is 2. The van der Waals surface area contributed by atoms with Gasteiger partial charge in [-0.1, -0.05) is 35.9 Å². The molecule has 0 saturated carbocycles. The van der Waals surface area contributed by atoms with E-state index < -0.39 is 0 Å². The smallest absolute Gasteiger partial charge is 0.165 e. The normalized spacial score (nSPS) is 9.95. The third-order valence-electron chi connectivity index (χ3n) is 3.30. The third kappa shape index (κ3) is 5.09. The quantitative estimate of drug-likeness (QED) is 0.752. The van der Waals surface area contributed by atoms with E-state index in [4.69, 9.17) is 21.1 Å². The molecular weight excluding hydrogens is 321 g/mol. The number of methoxy groups -OCH3 is 2. The van der Waals surface area contributed by atoms with Gasteiger partial charge in [0.25, 0.3) is 0 Å². The second kappa shape index (κ2) is 9.57. The zero-order valence-electron chi connectivity index (χ0n) is 12.7.